The number of hydrogen-bond acceptors (Lipinski definition) is 7. The molecule has 3 heterocycles. The van der Waals surface area contributed by atoms with Crippen LogP contribution in [0.5, 0.6) is 5.75 Å². The Morgan fingerprint density at radius 2 is 1.88 bits per heavy atom. The minimum atomic E-state index is -0.00307. The van der Waals surface area contributed by atoms with E-state index in [1.165, 1.54) is 0 Å². The van der Waals surface area contributed by atoms with E-state index < -0.39 is 0 Å². The number of carbonyl (C=O) groups is 1. The number of rotatable bonds is 5. The molecule has 0 aliphatic carbocycles. The zero-order valence-corrected chi connectivity index (χ0v) is 20.5. The number of hydrogen-bond donors (Lipinski definition) is 0. The molecule has 2 aromatic carbocycles. The Balaban J connectivity index is 1.41. The highest BCUT2D eigenvalue weighted by Gasteiger charge is 2.25. The van der Waals surface area contributed by atoms with Gasteiger partial charge in [-0.3, -0.25) is 4.79 Å². The number of aromatic nitrogens is 2. The van der Waals surface area contributed by atoms with Gasteiger partial charge in [-0.2, -0.15) is 0 Å². The van der Waals surface area contributed by atoms with Crippen molar-refractivity contribution in [3.63, 3.8) is 0 Å². The molecule has 176 valence electrons. The maximum atomic E-state index is 13.7. The summed E-state index contributed by atoms with van der Waals surface area (Å²) in [6.45, 7) is 9.09. The van der Waals surface area contributed by atoms with E-state index in [1.54, 1.807) is 11.3 Å². The van der Waals surface area contributed by atoms with E-state index in [1.807, 2.05) is 62.1 Å². The molecule has 5 rings (SSSR count). The van der Waals surface area contributed by atoms with Crippen molar-refractivity contribution in [3.05, 3.63) is 70.1 Å². The Labute approximate surface area is 202 Å². The molecule has 4 aromatic rings. The van der Waals surface area contributed by atoms with E-state index in [9.17, 15) is 4.79 Å². The Hall–Kier alpha value is -3.39. The second kappa shape index (κ2) is 9.46. The number of aryl methyl sites for hydroxylation is 3. The van der Waals surface area contributed by atoms with E-state index in [0.717, 1.165) is 58.1 Å². The van der Waals surface area contributed by atoms with Gasteiger partial charge >= 0.3 is 0 Å². The van der Waals surface area contributed by atoms with E-state index in [0.29, 0.717) is 31.0 Å². The van der Waals surface area contributed by atoms with Gasteiger partial charge in [0.25, 0.3) is 5.91 Å². The molecule has 7 nitrogen and oxygen atoms in total. The molecular formula is C26H28N4O3S. The van der Waals surface area contributed by atoms with Gasteiger partial charge in [-0.15, -0.1) is 11.3 Å². The van der Waals surface area contributed by atoms with Gasteiger partial charge < -0.3 is 19.1 Å². The monoisotopic (exact) mass is 476 g/mol. The molecule has 1 aliphatic heterocycles. The second-order valence-corrected chi connectivity index (χ2v) is 9.53. The first-order valence-electron chi connectivity index (χ1n) is 11.5. The lowest BCUT2D eigenvalue weighted by atomic mass is 10.0. The fourth-order valence-electron chi connectivity index (χ4n) is 4.33. The van der Waals surface area contributed by atoms with Gasteiger partial charge in [-0.05, 0) is 50.1 Å². The van der Waals surface area contributed by atoms with Gasteiger partial charge in [0.15, 0.2) is 5.13 Å². The third kappa shape index (κ3) is 4.50. The SMILES string of the molecule is Cc1csc(N2CCCN(C(=O)c3cc4ccccc4cc3OCc3c(C)noc3C)CC2)n1. The van der Waals surface area contributed by atoms with E-state index in [4.69, 9.17) is 9.26 Å². The van der Waals surface area contributed by atoms with Gasteiger partial charge in [-0.25, -0.2) is 4.98 Å². The average Bonchev–Trinajstić information content (AvgIpc) is 3.31. The number of benzene rings is 2. The first-order valence-corrected chi connectivity index (χ1v) is 12.4. The van der Waals surface area contributed by atoms with Crippen molar-refractivity contribution >= 4 is 33.1 Å². The number of amides is 1. The molecule has 0 spiro atoms. The molecule has 1 aliphatic rings. The van der Waals surface area contributed by atoms with Crippen molar-refractivity contribution in [1.29, 1.82) is 0 Å². The lowest BCUT2D eigenvalue weighted by Crippen LogP contribution is -2.35. The molecule has 34 heavy (non-hydrogen) atoms. The smallest absolute Gasteiger partial charge is 0.257 e. The predicted octanol–water partition coefficient (Wildman–Crippen LogP) is 5.14. The molecule has 0 saturated carbocycles. The predicted molar refractivity (Wildman–Crippen MR) is 134 cm³/mol. The van der Waals surface area contributed by atoms with Crippen LogP contribution in [-0.2, 0) is 6.61 Å². The van der Waals surface area contributed by atoms with Crippen LogP contribution in [0.1, 0.15) is 39.5 Å². The largest absolute Gasteiger partial charge is 0.488 e. The van der Waals surface area contributed by atoms with Crippen LogP contribution < -0.4 is 9.64 Å². The molecule has 0 atom stereocenters. The number of anilines is 1. The molecule has 2 aromatic heterocycles. The van der Waals surface area contributed by atoms with Crippen LogP contribution in [0.2, 0.25) is 0 Å². The van der Waals surface area contributed by atoms with Crippen molar-refractivity contribution in [2.24, 2.45) is 0 Å². The Bertz CT molecular complexity index is 1310. The lowest BCUT2D eigenvalue weighted by Gasteiger charge is -2.23. The molecule has 0 radical (unpaired) electrons. The minimum Gasteiger partial charge on any atom is -0.488 e. The fourth-order valence-corrected chi connectivity index (χ4v) is 5.19. The molecule has 1 fully saturated rings. The standard InChI is InChI=1S/C26H28N4O3S/c1-17-16-34-26(27-17)30-10-6-9-29(11-12-30)25(31)22-13-20-7-4-5-8-21(20)14-24(22)32-15-23-18(2)28-33-19(23)3/h4-5,7-8,13-14,16H,6,9-12,15H2,1-3H3. The van der Waals surface area contributed by atoms with Crippen molar-refractivity contribution < 1.29 is 14.1 Å². The highest BCUT2D eigenvalue weighted by Crippen LogP contribution is 2.30. The first-order chi connectivity index (χ1) is 16.5. The van der Waals surface area contributed by atoms with Crippen molar-refractivity contribution in [2.45, 2.75) is 33.8 Å². The Morgan fingerprint density at radius 1 is 1.09 bits per heavy atom. The van der Waals surface area contributed by atoms with Gasteiger partial charge in [0, 0.05) is 31.6 Å². The summed E-state index contributed by atoms with van der Waals surface area (Å²) in [4.78, 5) is 22.6. The summed E-state index contributed by atoms with van der Waals surface area (Å²) in [6.07, 6.45) is 0.896. The van der Waals surface area contributed by atoms with Crippen LogP contribution >= 0.6 is 11.3 Å². The van der Waals surface area contributed by atoms with Gasteiger partial charge in [0.2, 0.25) is 0 Å². The van der Waals surface area contributed by atoms with Crippen molar-refractivity contribution in [3.8, 4) is 5.75 Å². The maximum absolute atomic E-state index is 13.7. The summed E-state index contributed by atoms with van der Waals surface area (Å²) in [5.41, 5.74) is 3.34. The summed E-state index contributed by atoms with van der Waals surface area (Å²) in [6, 6.07) is 12.0. The van der Waals surface area contributed by atoms with Gasteiger partial charge in [0.05, 0.1) is 22.5 Å². The summed E-state index contributed by atoms with van der Waals surface area (Å²) in [5, 5.41) is 9.17. The zero-order chi connectivity index (χ0) is 23.7. The maximum Gasteiger partial charge on any atom is 0.257 e. The zero-order valence-electron chi connectivity index (χ0n) is 19.7. The Morgan fingerprint density at radius 3 is 2.59 bits per heavy atom. The molecular weight excluding hydrogens is 448 g/mol. The first kappa shape index (κ1) is 22.4. The molecule has 1 saturated heterocycles. The molecule has 0 unspecified atom stereocenters. The van der Waals surface area contributed by atoms with Crippen LogP contribution in [0, 0.1) is 20.8 Å². The number of carbonyl (C=O) groups excluding carboxylic acids is 1. The molecule has 0 N–H and O–H groups in total. The van der Waals surface area contributed by atoms with Crippen LogP contribution in [0.15, 0.2) is 46.3 Å². The van der Waals surface area contributed by atoms with E-state index >= 15 is 0 Å². The number of nitrogens with zero attached hydrogens (tertiary/aromatic N) is 4. The van der Waals surface area contributed by atoms with Crippen molar-refractivity contribution in [2.75, 3.05) is 31.1 Å². The molecule has 0 bridgehead atoms. The van der Waals surface area contributed by atoms with Crippen LogP contribution in [0.3, 0.4) is 0 Å². The van der Waals surface area contributed by atoms with Crippen molar-refractivity contribution in [1.82, 2.24) is 15.0 Å². The summed E-state index contributed by atoms with van der Waals surface area (Å²) < 4.78 is 11.5. The Kier molecular flexibility index (Phi) is 6.24. The third-order valence-electron chi connectivity index (χ3n) is 6.29. The normalized spacial score (nSPS) is 14.4. The quantitative estimate of drug-likeness (QED) is 0.397. The van der Waals surface area contributed by atoms with Crippen LogP contribution in [0.25, 0.3) is 10.8 Å². The number of ether oxygens (including phenoxy) is 1. The van der Waals surface area contributed by atoms with Crippen LogP contribution in [-0.4, -0.2) is 47.1 Å². The minimum absolute atomic E-state index is 0.00307. The summed E-state index contributed by atoms with van der Waals surface area (Å²) >= 11 is 1.66. The number of fused-ring (bicyclic) bond motifs is 1. The summed E-state index contributed by atoms with van der Waals surface area (Å²) in [5.74, 6) is 1.31. The second-order valence-electron chi connectivity index (χ2n) is 8.69. The average molecular weight is 477 g/mol. The fraction of sp³-hybridized carbons (Fsp3) is 0.346. The van der Waals surface area contributed by atoms with Crippen LogP contribution in [0.4, 0.5) is 5.13 Å². The number of thiazole rings is 1. The molecule has 8 heteroatoms. The highest BCUT2D eigenvalue weighted by atomic mass is 32.1. The molecule has 1 amide bonds. The third-order valence-corrected chi connectivity index (χ3v) is 7.31. The van der Waals surface area contributed by atoms with Gasteiger partial charge in [0.1, 0.15) is 18.1 Å². The summed E-state index contributed by atoms with van der Waals surface area (Å²) in [7, 11) is 0. The lowest BCUT2D eigenvalue weighted by molar-refractivity contribution is 0.0762. The topological polar surface area (TPSA) is 71.7 Å². The van der Waals surface area contributed by atoms with E-state index in [-0.39, 0.29) is 5.91 Å². The highest BCUT2D eigenvalue weighted by molar-refractivity contribution is 7.13. The van der Waals surface area contributed by atoms with Gasteiger partial charge in [-0.1, -0.05) is 29.4 Å². The van der Waals surface area contributed by atoms with E-state index in [2.05, 4.69) is 20.4 Å².